The second kappa shape index (κ2) is 7.86. The van der Waals surface area contributed by atoms with E-state index in [1.54, 1.807) is 6.92 Å². The van der Waals surface area contributed by atoms with Crippen LogP contribution in [0.2, 0.25) is 0 Å². The minimum absolute atomic E-state index is 0.109. The number of carbonyl (C=O) groups excluding carboxylic acids is 1. The van der Waals surface area contributed by atoms with E-state index in [9.17, 15) is 4.79 Å². The number of amides is 1. The molecule has 0 saturated carbocycles. The van der Waals surface area contributed by atoms with E-state index in [1.165, 1.54) is 18.5 Å². The van der Waals surface area contributed by atoms with Crippen molar-refractivity contribution >= 4 is 11.6 Å². The summed E-state index contributed by atoms with van der Waals surface area (Å²) >= 11 is 0. The number of hydrogen-bond acceptors (Lipinski definition) is 3. The molecule has 0 aromatic heterocycles. The third kappa shape index (κ3) is 4.28. The highest BCUT2D eigenvalue weighted by atomic mass is 16.5. The van der Waals surface area contributed by atoms with E-state index in [1.807, 2.05) is 30.3 Å². The molecule has 0 bridgehead atoms. The van der Waals surface area contributed by atoms with Gasteiger partial charge in [0.2, 0.25) is 0 Å². The van der Waals surface area contributed by atoms with Gasteiger partial charge in [-0.05, 0) is 49.6 Å². The molecular weight excluding hydrogens is 300 g/mol. The molecule has 1 fully saturated rings. The van der Waals surface area contributed by atoms with Crippen molar-refractivity contribution in [2.24, 2.45) is 0 Å². The Labute approximate surface area is 143 Å². The normalized spacial score (nSPS) is 15.1. The summed E-state index contributed by atoms with van der Waals surface area (Å²) in [5, 5.41) is 2.93. The van der Waals surface area contributed by atoms with Crippen molar-refractivity contribution in [2.45, 2.75) is 32.4 Å². The van der Waals surface area contributed by atoms with Gasteiger partial charge in [0.15, 0.2) is 6.10 Å². The van der Waals surface area contributed by atoms with Crippen LogP contribution in [-0.2, 0) is 11.3 Å². The standard InChI is InChI=1S/C20H24N2O2/c1-16(24-19-7-3-2-4-8-19)20(23)21-15-17-9-11-18(12-10-17)22-13-5-6-14-22/h2-4,7-12,16H,5-6,13-15H2,1H3,(H,21,23). The number of benzene rings is 2. The fourth-order valence-electron chi connectivity index (χ4n) is 2.89. The van der Waals surface area contributed by atoms with E-state index in [4.69, 9.17) is 4.74 Å². The summed E-state index contributed by atoms with van der Waals surface area (Å²) in [6.45, 7) is 4.56. The van der Waals surface area contributed by atoms with Gasteiger partial charge in [-0.1, -0.05) is 30.3 Å². The average Bonchev–Trinajstić information content (AvgIpc) is 3.15. The quantitative estimate of drug-likeness (QED) is 0.886. The first-order chi connectivity index (χ1) is 11.7. The lowest BCUT2D eigenvalue weighted by Gasteiger charge is -2.18. The van der Waals surface area contributed by atoms with Gasteiger partial charge in [-0.3, -0.25) is 4.79 Å². The molecule has 4 nitrogen and oxygen atoms in total. The number of para-hydroxylation sites is 1. The van der Waals surface area contributed by atoms with E-state index >= 15 is 0 Å². The third-order valence-corrected chi connectivity index (χ3v) is 4.30. The first kappa shape index (κ1) is 16.4. The predicted molar refractivity (Wildman–Crippen MR) is 96.3 cm³/mol. The van der Waals surface area contributed by atoms with E-state index < -0.39 is 6.10 Å². The van der Waals surface area contributed by atoms with Crippen molar-refractivity contribution in [1.82, 2.24) is 5.32 Å². The van der Waals surface area contributed by atoms with E-state index in [0.29, 0.717) is 12.3 Å². The van der Waals surface area contributed by atoms with Crippen molar-refractivity contribution < 1.29 is 9.53 Å². The number of ether oxygens (including phenoxy) is 1. The molecule has 2 aromatic carbocycles. The Morgan fingerprint density at radius 3 is 2.42 bits per heavy atom. The largest absolute Gasteiger partial charge is 0.481 e. The summed E-state index contributed by atoms with van der Waals surface area (Å²) in [6, 6.07) is 17.8. The van der Waals surface area contributed by atoms with Crippen LogP contribution in [0.4, 0.5) is 5.69 Å². The van der Waals surface area contributed by atoms with E-state index in [-0.39, 0.29) is 5.91 Å². The van der Waals surface area contributed by atoms with Gasteiger partial charge in [0.1, 0.15) is 5.75 Å². The van der Waals surface area contributed by atoms with Crippen molar-refractivity contribution in [1.29, 1.82) is 0 Å². The van der Waals surface area contributed by atoms with Crippen LogP contribution in [0.1, 0.15) is 25.3 Å². The lowest BCUT2D eigenvalue weighted by Crippen LogP contribution is -2.35. The smallest absolute Gasteiger partial charge is 0.261 e. The minimum Gasteiger partial charge on any atom is -0.481 e. The average molecular weight is 324 g/mol. The summed E-state index contributed by atoms with van der Waals surface area (Å²) in [4.78, 5) is 14.6. The highest BCUT2D eigenvalue weighted by Gasteiger charge is 2.15. The number of nitrogens with one attached hydrogen (secondary N) is 1. The zero-order chi connectivity index (χ0) is 16.8. The van der Waals surface area contributed by atoms with Crippen LogP contribution >= 0.6 is 0 Å². The van der Waals surface area contributed by atoms with Crippen molar-refractivity contribution in [3.8, 4) is 5.75 Å². The van der Waals surface area contributed by atoms with Crippen LogP contribution in [0.5, 0.6) is 5.75 Å². The first-order valence-electron chi connectivity index (χ1n) is 8.56. The van der Waals surface area contributed by atoms with Gasteiger partial charge < -0.3 is 15.0 Å². The molecule has 3 rings (SSSR count). The fraction of sp³-hybridized carbons (Fsp3) is 0.350. The SMILES string of the molecule is CC(Oc1ccccc1)C(=O)NCc1ccc(N2CCCC2)cc1. The Morgan fingerprint density at radius 2 is 1.75 bits per heavy atom. The Kier molecular flexibility index (Phi) is 5.36. The molecule has 0 radical (unpaired) electrons. The summed E-state index contributed by atoms with van der Waals surface area (Å²) in [5.41, 5.74) is 2.36. The molecule has 1 aliphatic heterocycles. The highest BCUT2D eigenvalue weighted by molar-refractivity contribution is 5.80. The van der Waals surface area contributed by atoms with Crippen LogP contribution < -0.4 is 15.0 Å². The van der Waals surface area contributed by atoms with Crippen molar-refractivity contribution in [2.75, 3.05) is 18.0 Å². The second-order valence-electron chi connectivity index (χ2n) is 6.15. The number of rotatable bonds is 6. The fourth-order valence-corrected chi connectivity index (χ4v) is 2.89. The summed E-state index contributed by atoms with van der Waals surface area (Å²) in [7, 11) is 0. The van der Waals surface area contributed by atoms with E-state index in [0.717, 1.165) is 18.7 Å². The lowest BCUT2D eigenvalue weighted by atomic mass is 10.2. The maximum absolute atomic E-state index is 12.2. The van der Waals surface area contributed by atoms with Crippen LogP contribution in [0.25, 0.3) is 0 Å². The maximum Gasteiger partial charge on any atom is 0.261 e. The Hall–Kier alpha value is -2.49. The molecule has 1 heterocycles. The molecule has 1 atom stereocenters. The molecule has 1 saturated heterocycles. The van der Waals surface area contributed by atoms with Crippen molar-refractivity contribution in [3.63, 3.8) is 0 Å². The molecule has 1 aliphatic rings. The molecule has 0 aliphatic carbocycles. The molecule has 1 unspecified atom stereocenters. The zero-order valence-electron chi connectivity index (χ0n) is 14.1. The van der Waals surface area contributed by atoms with Gasteiger partial charge in [-0.2, -0.15) is 0 Å². The van der Waals surface area contributed by atoms with Gasteiger partial charge in [0.05, 0.1) is 0 Å². The van der Waals surface area contributed by atoms with Crippen LogP contribution in [0, 0.1) is 0 Å². The maximum atomic E-state index is 12.2. The van der Waals surface area contributed by atoms with Crippen LogP contribution in [0.3, 0.4) is 0 Å². The second-order valence-corrected chi connectivity index (χ2v) is 6.15. The molecule has 2 aromatic rings. The monoisotopic (exact) mass is 324 g/mol. The predicted octanol–water partition coefficient (Wildman–Crippen LogP) is 3.37. The summed E-state index contributed by atoms with van der Waals surface area (Å²) in [6.07, 6.45) is 2.03. The lowest BCUT2D eigenvalue weighted by molar-refractivity contribution is -0.127. The molecular formula is C20H24N2O2. The minimum atomic E-state index is -0.517. The Bertz CT molecular complexity index is 649. The first-order valence-corrected chi connectivity index (χ1v) is 8.56. The van der Waals surface area contributed by atoms with Gasteiger partial charge in [-0.25, -0.2) is 0 Å². The highest BCUT2D eigenvalue weighted by Crippen LogP contribution is 2.20. The summed E-state index contributed by atoms with van der Waals surface area (Å²) in [5.74, 6) is 0.595. The molecule has 0 spiro atoms. The number of carbonyl (C=O) groups is 1. The molecule has 126 valence electrons. The van der Waals surface area contributed by atoms with Gasteiger partial charge in [0.25, 0.3) is 5.91 Å². The topological polar surface area (TPSA) is 41.6 Å². The molecule has 24 heavy (non-hydrogen) atoms. The molecule has 1 amide bonds. The van der Waals surface area contributed by atoms with Crippen LogP contribution in [0.15, 0.2) is 54.6 Å². The number of hydrogen-bond donors (Lipinski definition) is 1. The van der Waals surface area contributed by atoms with Gasteiger partial charge >= 0.3 is 0 Å². The Balaban J connectivity index is 1.48. The van der Waals surface area contributed by atoms with Crippen molar-refractivity contribution in [3.05, 3.63) is 60.2 Å². The van der Waals surface area contributed by atoms with Gasteiger partial charge in [0, 0.05) is 25.3 Å². The molecule has 1 N–H and O–H groups in total. The number of nitrogens with zero attached hydrogens (tertiary/aromatic N) is 1. The van der Waals surface area contributed by atoms with Crippen LogP contribution in [-0.4, -0.2) is 25.1 Å². The Morgan fingerprint density at radius 1 is 1.08 bits per heavy atom. The molecule has 4 heteroatoms. The third-order valence-electron chi connectivity index (χ3n) is 4.30. The number of anilines is 1. The zero-order valence-corrected chi connectivity index (χ0v) is 14.1. The summed E-state index contributed by atoms with van der Waals surface area (Å²) < 4.78 is 5.63. The van der Waals surface area contributed by atoms with Gasteiger partial charge in [-0.15, -0.1) is 0 Å². The van der Waals surface area contributed by atoms with E-state index in [2.05, 4.69) is 34.5 Å².